The van der Waals surface area contributed by atoms with Crippen molar-refractivity contribution in [1.29, 1.82) is 0 Å². The minimum atomic E-state index is -0.261. The lowest BCUT2D eigenvalue weighted by Gasteiger charge is -2.45. The van der Waals surface area contributed by atoms with Gasteiger partial charge in [-0.25, -0.2) is 0 Å². The Morgan fingerprint density at radius 3 is 1.03 bits per heavy atom. The van der Waals surface area contributed by atoms with Crippen LogP contribution in [-0.4, -0.2) is 15.8 Å². The summed E-state index contributed by atoms with van der Waals surface area (Å²) in [6.45, 7) is 13.9. The molecule has 0 bridgehead atoms. The second-order valence-corrected chi connectivity index (χ2v) is 28.5. The Kier molecular flexibility index (Phi) is 13.4. The van der Waals surface area contributed by atoms with E-state index in [0.717, 1.165) is 84.3 Å². The SMILES string of the molecule is CC(C)(C)c1cc(-c2cc3c4c(c2)N(c2ccccc2-c2cccc(-c5ccccc5)c2)c2cc5c6ccccc6n(-c6ccccc6)c5cc2B4c2cc4c(cc2N3c2ccccc2-c2cccc(-c3ccccc3)c2)c2ccccc2n4-c2ccccc2)cc(C(C)(C)C)c1. The highest BCUT2D eigenvalue weighted by Crippen LogP contribution is 2.52. The van der Waals surface area contributed by atoms with E-state index in [-0.39, 0.29) is 17.5 Å². The molecule has 2 aliphatic heterocycles. The summed E-state index contributed by atoms with van der Waals surface area (Å²) in [6.07, 6.45) is 0. The van der Waals surface area contributed by atoms with Gasteiger partial charge in [-0.1, -0.05) is 266 Å². The molecule has 0 saturated heterocycles. The topological polar surface area (TPSA) is 16.3 Å². The van der Waals surface area contributed by atoms with Gasteiger partial charge in [-0.3, -0.25) is 0 Å². The highest BCUT2D eigenvalue weighted by Gasteiger charge is 2.46. The predicted octanol–water partition coefficient (Wildman–Crippen LogP) is 22.9. The van der Waals surface area contributed by atoms with Crippen LogP contribution >= 0.6 is 0 Å². The lowest BCUT2D eigenvalue weighted by atomic mass is 9.33. The number of aromatic nitrogens is 2. The molecule has 5 heteroatoms. The third-order valence-electron chi connectivity index (χ3n) is 20.5. The van der Waals surface area contributed by atoms with Crippen LogP contribution in [0, 0.1) is 0 Å². The maximum atomic E-state index is 2.67. The van der Waals surface area contributed by atoms with Crippen LogP contribution in [0.2, 0.25) is 0 Å². The zero-order valence-electron chi connectivity index (χ0n) is 55.5. The molecule has 0 fully saturated rings. The van der Waals surface area contributed by atoms with Gasteiger partial charge in [0.2, 0.25) is 0 Å². The first-order chi connectivity index (χ1) is 47.4. The van der Waals surface area contributed by atoms with Crippen molar-refractivity contribution in [1.82, 2.24) is 9.13 Å². The molecule has 0 atom stereocenters. The summed E-state index contributed by atoms with van der Waals surface area (Å²) in [7, 11) is 0. The van der Waals surface area contributed by atoms with Gasteiger partial charge in [0.25, 0.3) is 6.71 Å². The van der Waals surface area contributed by atoms with Gasteiger partial charge in [0.05, 0.1) is 33.4 Å². The number of para-hydroxylation sites is 6. The van der Waals surface area contributed by atoms with Gasteiger partial charge in [0, 0.05) is 66.8 Å². The van der Waals surface area contributed by atoms with Crippen LogP contribution in [0.4, 0.5) is 34.1 Å². The number of nitrogens with zero attached hydrogens (tertiary/aromatic N) is 4. The molecule has 462 valence electrons. The number of anilines is 6. The van der Waals surface area contributed by atoms with Crippen LogP contribution in [0.5, 0.6) is 0 Å². The summed E-state index contributed by atoms with van der Waals surface area (Å²) < 4.78 is 5.00. The third kappa shape index (κ3) is 9.58. The monoisotopic (exact) mass is 1240 g/mol. The number of hydrogen-bond acceptors (Lipinski definition) is 2. The fourth-order valence-corrected chi connectivity index (χ4v) is 15.8. The molecule has 0 aliphatic carbocycles. The van der Waals surface area contributed by atoms with Crippen LogP contribution in [0.15, 0.2) is 322 Å². The van der Waals surface area contributed by atoms with Gasteiger partial charge < -0.3 is 18.9 Å². The Morgan fingerprint density at radius 2 is 0.598 bits per heavy atom. The number of benzene rings is 14. The van der Waals surface area contributed by atoms with Crippen LogP contribution < -0.4 is 26.2 Å². The Balaban J connectivity index is 1.02. The van der Waals surface area contributed by atoms with Crippen LogP contribution in [0.25, 0.3) is 111 Å². The maximum absolute atomic E-state index is 2.67. The van der Waals surface area contributed by atoms with E-state index in [4.69, 9.17) is 0 Å². The summed E-state index contributed by atoms with van der Waals surface area (Å²) in [5.74, 6) is 0. The van der Waals surface area contributed by atoms with E-state index in [1.807, 2.05) is 0 Å². The van der Waals surface area contributed by atoms with Gasteiger partial charge in [-0.15, -0.1) is 0 Å². The number of hydrogen-bond donors (Lipinski definition) is 0. The van der Waals surface area contributed by atoms with Crippen LogP contribution in [0.1, 0.15) is 52.7 Å². The van der Waals surface area contributed by atoms with E-state index in [2.05, 4.69) is 382 Å². The van der Waals surface area contributed by atoms with E-state index < -0.39 is 0 Å². The lowest BCUT2D eigenvalue weighted by Crippen LogP contribution is -2.61. The minimum Gasteiger partial charge on any atom is -0.311 e. The van der Waals surface area contributed by atoms with E-state index in [0.29, 0.717) is 0 Å². The lowest BCUT2D eigenvalue weighted by molar-refractivity contribution is 0.569. The number of rotatable bonds is 9. The number of fused-ring (bicyclic) bond motifs is 10. The van der Waals surface area contributed by atoms with Gasteiger partial charge in [0.15, 0.2) is 0 Å². The van der Waals surface area contributed by atoms with Crippen molar-refractivity contribution in [3.63, 3.8) is 0 Å². The maximum Gasteiger partial charge on any atom is 0.252 e. The summed E-state index contributed by atoms with van der Waals surface area (Å²) >= 11 is 0. The first kappa shape index (κ1) is 58.0. The average Bonchev–Trinajstić information content (AvgIpc) is 1.50. The van der Waals surface area contributed by atoms with Crippen LogP contribution in [-0.2, 0) is 10.8 Å². The van der Waals surface area contributed by atoms with Gasteiger partial charge in [-0.2, -0.15) is 0 Å². The van der Waals surface area contributed by atoms with Gasteiger partial charge in [0.1, 0.15) is 0 Å². The zero-order chi connectivity index (χ0) is 65.3. The molecule has 97 heavy (non-hydrogen) atoms. The predicted molar refractivity (Wildman–Crippen MR) is 414 cm³/mol. The Hall–Kier alpha value is -11.7. The molecule has 0 unspecified atom stereocenters. The van der Waals surface area contributed by atoms with E-state index in [1.165, 1.54) is 87.9 Å². The van der Waals surface area contributed by atoms with Crippen molar-refractivity contribution in [2.75, 3.05) is 9.80 Å². The Morgan fingerprint density at radius 1 is 0.237 bits per heavy atom. The highest BCUT2D eigenvalue weighted by atomic mass is 15.2. The van der Waals surface area contributed by atoms with E-state index in [9.17, 15) is 0 Å². The minimum absolute atomic E-state index is 0.130. The molecular weight excluding hydrogens is 1170 g/mol. The van der Waals surface area contributed by atoms with Crippen LogP contribution in [0.3, 0.4) is 0 Å². The Bertz CT molecular complexity index is 5440. The standard InChI is InChI=1S/C92H71BN4/c1-91(2,3)68-51-66(52-69(55-68)92(4,5)6)67-53-88-90-89(54-67)97(81-46-24-20-42-73(81)65-36-28-34-63(50-65)61-31-13-8-14-32-61)87-57-77-75-44-22-26-48-83(75)95(71-39-17-10-18-40-71)85(77)59-79(87)93(90)78-58-84-76(74-43-21-25-47-82(74)94(84)70-37-15-9-16-38-70)56-86(78)96(88)80-45-23-19-41-72(80)64-35-27-33-62(49-64)60-29-11-7-12-30-60/h7-59H,1-6H3. The molecule has 0 N–H and O–H groups in total. The first-order valence-electron chi connectivity index (χ1n) is 34.1. The molecule has 4 nitrogen and oxygen atoms in total. The summed E-state index contributed by atoms with van der Waals surface area (Å²) in [4.78, 5) is 5.34. The molecule has 14 aromatic carbocycles. The molecule has 4 heterocycles. The highest BCUT2D eigenvalue weighted by molar-refractivity contribution is 7.00. The van der Waals surface area contributed by atoms with E-state index >= 15 is 0 Å². The second-order valence-electron chi connectivity index (χ2n) is 28.5. The molecular formula is C92H71BN4. The molecule has 16 aromatic rings. The first-order valence-corrected chi connectivity index (χ1v) is 34.1. The third-order valence-corrected chi connectivity index (χ3v) is 20.5. The summed E-state index contributed by atoms with van der Waals surface area (Å²) in [6, 6.07) is 121. The average molecular weight is 1240 g/mol. The molecule has 0 amide bonds. The summed E-state index contributed by atoms with van der Waals surface area (Å²) in [5.41, 5.74) is 31.4. The zero-order valence-corrected chi connectivity index (χ0v) is 55.5. The molecule has 0 radical (unpaired) electrons. The van der Waals surface area contributed by atoms with Crippen molar-refractivity contribution in [3.05, 3.63) is 333 Å². The molecule has 2 aromatic heterocycles. The fourth-order valence-electron chi connectivity index (χ4n) is 15.8. The van der Waals surface area contributed by atoms with E-state index in [1.54, 1.807) is 0 Å². The smallest absolute Gasteiger partial charge is 0.252 e. The van der Waals surface area contributed by atoms with Crippen molar-refractivity contribution < 1.29 is 0 Å². The molecule has 18 rings (SSSR count). The normalized spacial score (nSPS) is 12.8. The Labute approximate surface area is 568 Å². The van der Waals surface area contributed by atoms with Gasteiger partial charge >= 0.3 is 0 Å². The second kappa shape index (κ2) is 22.5. The molecule has 0 spiro atoms. The quantitative estimate of drug-likeness (QED) is 0.134. The van der Waals surface area contributed by atoms with Crippen molar-refractivity contribution >= 4 is 101 Å². The van der Waals surface area contributed by atoms with Crippen molar-refractivity contribution in [2.45, 2.75) is 52.4 Å². The molecule has 2 aliphatic rings. The largest absolute Gasteiger partial charge is 0.311 e. The summed E-state index contributed by atoms with van der Waals surface area (Å²) in [5, 5.41) is 4.81. The van der Waals surface area contributed by atoms with Crippen molar-refractivity contribution in [2.24, 2.45) is 0 Å². The van der Waals surface area contributed by atoms with Crippen molar-refractivity contribution in [3.8, 4) is 67.0 Å². The molecule has 0 saturated carbocycles. The van der Waals surface area contributed by atoms with Gasteiger partial charge in [-0.05, 0) is 180 Å². The fraction of sp³-hybridized carbons (Fsp3) is 0.0870.